The molecular formula is C15H29N3. The highest BCUT2D eigenvalue weighted by atomic mass is 15.3. The van der Waals surface area contributed by atoms with Gasteiger partial charge in [-0.25, -0.2) is 0 Å². The van der Waals surface area contributed by atoms with E-state index in [1.54, 1.807) is 0 Å². The molecule has 104 valence electrons. The van der Waals surface area contributed by atoms with Crippen molar-refractivity contribution in [2.45, 2.75) is 44.6 Å². The summed E-state index contributed by atoms with van der Waals surface area (Å²) in [6.45, 7) is 11.4. The average Bonchev–Trinajstić information content (AvgIpc) is 3.16. The second-order valence-corrected chi connectivity index (χ2v) is 6.96. The summed E-state index contributed by atoms with van der Waals surface area (Å²) in [5.41, 5.74) is 0.386. The third kappa shape index (κ3) is 3.46. The molecule has 3 heteroatoms. The first kappa shape index (κ1) is 12.9. The lowest BCUT2D eigenvalue weighted by Crippen LogP contribution is -2.57. The summed E-state index contributed by atoms with van der Waals surface area (Å²) in [6.07, 6.45) is 7.11. The summed E-state index contributed by atoms with van der Waals surface area (Å²) in [4.78, 5) is 5.37. The maximum atomic E-state index is 3.74. The number of hydrogen-bond acceptors (Lipinski definition) is 3. The van der Waals surface area contributed by atoms with Gasteiger partial charge in [-0.2, -0.15) is 0 Å². The van der Waals surface area contributed by atoms with Crippen molar-refractivity contribution in [3.05, 3.63) is 0 Å². The normalized spacial score (nSPS) is 35.8. The van der Waals surface area contributed by atoms with Crippen LogP contribution in [0.2, 0.25) is 0 Å². The van der Waals surface area contributed by atoms with Crippen molar-refractivity contribution in [2.75, 3.05) is 45.8 Å². The van der Waals surface area contributed by atoms with E-state index >= 15 is 0 Å². The summed E-state index contributed by atoms with van der Waals surface area (Å²) in [5.74, 6) is 1.05. The van der Waals surface area contributed by atoms with Crippen molar-refractivity contribution < 1.29 is 0 Å². The summed E-state index contributed by atoms with van der Waals surface area (Å²) in [6, 6.07) is 0. The van der Waals surface area contributed by atoms with Crippen molar-refractivity contribution in [1.29, 1.82) is 0 Å². The Hall–Kier alpha value is -0.120. The fourth-order valence-corrected chi connectivity index (χ4v) is 3.54. The highest BCUT2D eigenvalue weighted by Crippen LogP contribution is 2.30. The average molecular weight is 251 g/mol. The Labute approximate surface area is 112 Å². The Morgan fingerprint density at radius 2 is 1.78 bits per heavy atom. The fraction of sp³-hybridized carbons (Fsp3) is 1.00. The molecule has 0 aromatic carbocycles. The lowest BCUT2D eigenvalue weighted by molar-refractivity contribution is 0.0930. The third-order valence-electron chi connectivity index (χ3n) is 4.96. The molecule has 2 saturated heterocycles. The van der Waals surface area contributed by atoms with E-state index in [0.717, 1.165) is 5.92 Å². The van der Waals surface area contributed by atoms with Crippen LogP contribution in [0.1, 0.15) is 39.0 Å². The second-order valence-electron chi connectivity index (χ2n) is 6.96. The summed E-state index contributed by atoms with van der Waals surface area (Å²) in [5, 5.41) is 3.74. The Morgan fingerprint density at radius 1 is 1.06 bits per heavy atom. The van der Waals surface area contributed by atoms with E-state index in [4.69, 9.17) is 0 Å². The van der Waals surface area contributed by atoms with Crippen LogP contribution >= 0.6 is 0 Å². The van der Waals surface area contributed by atoms with Crippen LogP contribution in [0.4, 0.5) is 0 Å². The molecule has 1 aliphatic carbocycles. The Bertz CT molecular complexity index is 261. The molecule has 0 amide bonds. The van der Waals surface area contributed by atoms with Crippen molar-refractivity contribution >= 4 is 0 Å². The molecule has 1 N–H and O–H groups in total. The quantitative estimate of drug-likeness (QED) is 0.818. The molecule has 0 aromatic heterocycles. The van der Waals surface area contributed by atoms with Gasteiger partial charge in [-0.3, -0.25) is 4.90 Å². The van der Waals surface area contributed by atoms with Crippen molar-refractivity contribution in [2.24, 2.45) is 5.92 Å². The molecule has 0 aromatic rings. The van der Waals surface area contributed by atoms with E-state index in [1.807, 2.05) is 0 Å². The molecule has 3 rings (SSSR count). The molecule has 2 heterocycles. The first-order valence-corrected chi connectivity index (χ1v) is 7.93. The smallest absolute Gasteiger partial charge is 0.0280 e. The van der Waals surface area contributed by atoms with Gasteiger partial charge in [0.15, 0.2) is 0 Å². The number of nitrogens with zero attached hydrogens (tertiary/aromatic N) is 2. The predicted octanol–water partition coefficient (Wildman–Crippen LogP) is 1.55. The van der Waals surface area contributed by atoms with Crippen LogP contribution in [0.5, 0.6) is 0 Å². The predicted molar refractivity (Wildman–Crippen MR) is 75.9 cm³/mol. The molecule has 0 bridgehead atoms. The zero-order chi connectivity index (χ0) is 12.4. The number of hydrogen-bond donors (Lipinski definition) is 1. The molecular weight excluding hydrogens is 222 g/mol. The molecule has 2 aliphatic heterocycles. The van der Waals surface area contributed by atoms with E-state index in [2.05, 4.69) is 22.0 Å². The van der Waals surface area contributed by atoms with Gasteiger partial charge in [-0.1, -0.05) is 6.42 Å². The number of nitrogens with one attached hydrogen (secondary N) is 1. The highest BCUT2D eigenvalue weighted by molar-refractivity contribution is 4.91. The first-order chi connectivity index (χ1) is 8.73. The van der Waals surface area contributed by atoms with E-state index in [-0.39, 0.29) is 0 Å². The number of piperidine rings is 1. The van der Waals surface area contributed by atoms with Gasteiger partial charge >= 0.3 is 0 Å². The minimum Gasteiger partial charge on any atom is -0.310 e. The molecule has 1 atom stereocenters. The fourth-order valence-electron chi connectivity index (χ4n) is 3.54. The van der Waals surface area contributed by atoms with Crippen LogP contribution in [0.3, 0.4) is 0 Å². The number of piperazine rings is 1. The molecule has 3 fully saturated rings. The lowest BCUT2D eigenvalue weighted by atomic mass is 9.90. The standard InChI is InChI=1S/C15H29N3/c1-15(6-2-3-7-16-15)13-18-10-8-17(9-11-18)12-14-4-5-14/h14,16H,2-13H2,1H3. The molecule has 1 unspecified atom stereocenters. The Morgan fingerprint density at radius 3 is 2.39 bits per heavy atom. The third-order valence-corrected chi connectivity index (χ3v) is 4.96. The van der Waals surface area contributed by atoms with Gasteiger partial charge in [-0.05, 0) is 45.1 Å². The van der Waals surface area contributed by atoms with Gasteiger partial charge in [-0.15, -0.1) is 0 Å². The van der Waals surface area contributed by atoms with Crippen LogP contribution in [-0.2, 0) is 0 Å². The highest BCUT2D eigenvalue weighted by Gasteiger charge is 2.31. The lowest BCUT2D eigenvalue weighted by Gasteiger charge is -2.42. The zero-order valence-corrected chi connectivity index (χ0v) is 12.0. The Balaban J connectivity index is 1.41. The second kappa shape index (κ2) is 5.48. The van der Waals surface area contributed by atoms with E-state index in [1.165, 1.54) is 77.9 Å². The molecule has 18 heavy (non-hydrogen) atoms. The van der Waals surface area contributed by atoms with Crippen LogP contribution in [0.25, 0.3) is 0 Å². The van der Waals surface area contributed by atoms with Gasteiger partial charge in [0.2, 0.25) is 0 Å². The van der Waals surface area contributed by atoms with E-state index in [0.29, 0.717) is 5.54 Å². The minimum atomic E-state index is 0.386. The van der Waals surface area contributed by atoms with E-state index in [9.17, 15) is 0 Å². The van der Waals surface area contributed by atoms with Crippen molar-refractivity contribution in [1.82, 2.24) is 15.1 Å². The zero-order valence-electron chi connectivity index (χ0n) is 12.0. The van der Waals surface area contributed by atoms with Crippen LogP contribution in [-0.4, -0.2) is 61.2 Å². The van der Waals surface area contributed by atoms with Crippen LogP contribution in [0, 0.1) is 5.92 Å². The molecule has 0 radical (unpaired) electrons. The molecule has 3 nitrogen and oxygen atoms in total. The van der Waals surface area contributed by atoms with Gasteiger partial charge in [0.25, 0.3) is 0 Å². The minimum absolute atomic E-state index is 0.386. The summed E-state index contributed by atoms with van der Waals surface area (Å²) < 4.78 is 0. The maximum absolute atomic E-state index is 3.74. The summed E-state index contributed by atoms with van der Waals surface area (Å²) >= 11 is 0. The Kier molecular flexibility index (Phi) is 3.92. The largest absolute Gasteiger partial charge is 0.310 e. The van der Waals surface area contributed by atoms with Gasteiger partial charge in [0, 0.05) is 44.8 Å². The van der Waals surface area contributed by atoms with Gasteiger partial charge in [0.1, 0.15) is 0 Å². The summed E-state index contributed by atoms with van der Waals surface area (Å²) in [7, 11) is 0. The topological polar surface area (TPSA) is 18.5 Å². The van der Waals surface area contributed by atoms with Gasteiger partial charge in [0.05, 0.1) is 0 Å². The maximum Gasteiger partial charge on any atom is 0.0280 e. The van der Waals surface area contributed by atoms with Crippen LogP contribution in [0.15, 0.2) is 0 Å². The number of rotatable bonds is 4. The first-order valence-electron chi connectivity index (χ1n) is 7.93. The van der Waals surface area contributed by atoms with Crippen molar-refractivity contribution in [3.63, 3.8) is 0 Å². The van der Waals surface area contributed by atoms with Crippen LogP contribution < -0.4 is 5.32 Å². The van der Waals surface area contributed by atoms with Crippen molar-refractivity contribution in [3.8, 4) is 0 Å². The monoisotopic (exact) mass is 251 g/mol. The van der Waals surface area contributed by atoms with Gasteiger partial charge < -0.3 is 10.2 Å². The van der Waals surface area contributed by atoms with E-state index < -0.39 is 0 Å². The molecule has 1 saturated carbocycles. The molecule has 3 aliphatic rings. The molecule has 0 spiro atoms. The SMILES string of the molecule is CC1(CN2CCN(CC3CC3)CC2)CCCCN1.